The molecule has 2 saturated heterocycles. The maximum absolute atomic E-state index is 13.4. The van der Waals surface area contributed by atoms with Gasteiger partial charge in [0, 0.05) is 37.8 Å². The van der Waals surface area contributed by atoms with Crippen LogP contribution in [0.4, 0.5) is 17.6 Å². The van der Waals surface area contributed by atoms with Crippen molar-refractivity contribution < 1.29 is 27.2 Å². The number of carbonyl (C=O) groups is 2. The zero-order chi connectivity index (χ0) is 18.9. The highest BCUT2D eigenvalue weighted by Crippen LogP contribution is 2.32. The molecular formula is C17H19F4N3O2. The maximum atomic E-state index is 13.4. The van der Waals surface area contributed by atoms with E-state index in [9.17, 15) is 27.2 Å². The molecule has 1 N–H and O–H groups in total. The molecule has 9 heteroatoms. The summed E-state index contributed by atoms with van der Waals surface area (Å²) in [7, 11) is 0. The van der Waals surface area contributed by atoms with Gasteiger partial charge in [-0.15, -0.1) is 0 Å². The average Bonchev–Trinajstić information content (AvgIpc) is 2.61. The second-order valence-corrected chi connectivity index (χ2v) is 6.50. The Kier molecular flexibility index (Phi) is 5.17. The van der Waals surface area contributed by atoms with Crippen molar-refractivity contribution in [2.75, 3.05) is 32.7 Å². The number of hydrogen-bond acceptors (Lipinski definition) is 3. The third-order valence-corrected chi connectivity index (χ3v) is 4.77. The molecule has 5 nitrogen and oxygen atoms in total. The topological polar surface area (TPSA) is 52.7 Å². The molecule has 1 atom stereocenters. The summed E-state index contributed by atoms with van der Waals surface area (Å²) in [4.78, 5) is 27.8. The Morgan fingerprint density at radius 2 is 2.00 bits per heavy atom. The largest absolute Gasteiger partial charge is 0.419 e. The van der Waals surface area contributed by atoms with E-state index in [4.69, 9.17) is 0 Å². The van der Waals surface area contributed by atoms with Crippen molar-refractivity contribution in [3.63, 3.8) is 0 Å². The van der Waals surface area contributed by atoms with Gasteiger partial charge in [0.15, 0.2) is 0 Å². The highest BCUT2D eigenvalue weighted by atomic mass is 19.4. The van der Waals surface area contributed by atoms with Crippen molar-refractivity contribution in [2.45, 2.75) is 25.1 Å². The lowest BCUT2D eigenvalue weighted by molar-refractivity contribution is -0.140. The average molecular weight is 373 g/mol. The highest BCUT2D eigenvalue weighted by molar-refractivity contribution is 5.94. The molecule has 142 valence electrons. The zero-order valence-corrected chi connectivity index (χ0v) is 14.0. The molecule has 0 spiro atoms. The minimum Gasteiger partial charge on any atom is -0.337 e. The van der Waals surface area contributed by atoms with Crippen LogP contribution in [0.2, 0.25) is 0 Å². The van der Waals surface area contributed by atoms with Crippen LogP contribution in [0.5, 0.6) is 0 Å². The van der Waals surface area contributed by atoms with E-state index < -0.39 is 23.5 Å². The Balaban J connectivity index is 1.76. The normalized spacial score (nSPS) is 21.8. The van der Waals surface area contributed by atoms with E-state index in [-0.39, 0.29) is 30.6 Å². The summed E-state index contributed by atoms with van der Waals surface area (Å²) < 4.78 is 52.0. The summed E-state index contributed by atoms with van der Waals surface area (Å²) in [5.41, 5.74) is -1.65. The number of halogens is 4. The van der Waals surface area contributed by atoms with Gasteiger partial charge >= 0.3 is 6.18 Å². The molecule has 2 aliphatic heterocycles. The standard InChI is InChI=1S/C17H19F4N3O2/c18-14-4-3-11(8-13(14)17(19,20)21)16(26)23-6-1-2-12(10-23)24-7-5-22-9-15(24)25/h3-4,8,12,22H,1-2,5-7,9-10H2. The Morgan fingerprint density at radius 1 is 1.23 bits per heavy atom. The predicted molar refractivity (Wildman–Crippen MR) is 84.9 cm³/mol. The van der Waals surface area contributed by atoms with E-state index in [1.54, 1.807) is 4.90 Å². The van der Waals surface area contributed by atoms with Crippen molar-refractivity contribution in [1.29, 1.82) is 0 Å². The quantitative estimate of drug-likeness (QED) is 0.806. The summed E-state index contributed by atoms with van der Waals surface area (Å²) in [5, 5.41) is 2.98. The number of nitrogens with zero attached hydrogens (tertiary/aromatic N) is 2. The van der Waals surface area contributed by atoms with Gasteiger partial charge in [-0.3, -0.25) is 9.59 Å². The van der Waals surface area contributed by atoms with E-state index in [0.717, 1.165) is 12.5 Å². The number of alkyl halides is 3. The molecule has 0 aromatic heterocycles. The lowest BCUT2D eigenvalue weighted by atomic mass is 10.0. The molecule has 3 rings (SSSR count). The molecular weight excluding hydrogens is 354 g/mol. The second kappa shape index (κ2) is 7.22. The fourth-order valence-electron chi connectivity index (χ4n) is 3.46. The Hall–Kier alpha value is -2.16. The van der Waals surface area contributed by atoms with Crippen LogP contribution in [-0.2, 0) is 11.0 Å². The van der Waals surface area contributed by atoms with Gasteiger partial charge in [0.2, 0.25) is 5.91 Å². The first kappa shape index (κ1) is 18.6. The summed E-state index contributed by atoms with van der Waals surface area (Å²) in [5.74, 6) is -2.03. The summed E-state index contributed by atoms with van der Waals surface area (Å²) in [6, 6.07) is 2.13. The highest BCUT2D eigenvalue weighted by Gasteiger charge is 2.36. The van der Waals surface area contributed by atoms with Gasteiger partial charge < -0.3 is 15.1 Å². The van der Waals surface area contributed by atoms with Crippen LogP contribution >= 0.6 is 0 Å². The maximum Gasteiger partial charge on any atom is 0.419 e. The third-order valence-electron chi connectivity index (χ3n) is 4.77. The lowest BCUT2D eigenvalue weighted by Crippen LogP contribution is -2.57. The molecule has 1 aromatic rings. The van der Waals surface area contributed by atoms with E-state index >= 15 is 0 Å². The first-order chi connectivity index (χ1) is 12.3. The van der Waals surface area contributed by atoms with Crippen LogP contribution in [0.1, 0.15) is 28.8 Å². The van der Waals surface area contributed by atoms with Crippen molar-refractivity contribution >= 4 is 11.8 Å². The minimum absolute atomic E-state index is 0.0447. The van der Waals surface area contributed by atoms with Gasteiger partial charge in [-0.1, -0.05) is 0 Å². The monoisotopic (exact) mass is 373 g/mol. The number of carbonyl (C=O) groups excluding carboxylic acids is 2. The first-order valence-electron chi connectivity index (χ1n) is 8.43. The fraction of sp³-hybridized carbons (Fsp3) is 0.529. The molecule has 26 heavy (non-hydrogen) atoms. The van der Waals surface area contributed by atoms with Crippen LogP contribution in [-0.4, -0.2) is 60.4 Å². The second-order valence-electron chi connectivity index (χ2n) is 6.50. The molecule has 2 amide bonds. The molecule has 2 fully saturated rings. The van der Waals surface area contributed by atoms with Crippen molar-refractivity contribution in [3.8, 4) is 0 Å². The molecule has 2 heterocycles. The number of nitrogens with one attached hydrogen (secondary N) is 1. The molecule has 0 radical (unpaired) electrons. The Bertz CT molecular complexity index is 708. The lowest BCUT2D eigenvalue weighted by Gasteiger charge is -2.41. The van der Waals surface area contributed by atoms with Crippen molar-refractivity contribution in [3.05, 3.63) is 35.1 Å². The predicted octanol–water partition coefficient (Wildman–Crippen LogP) is 1.88. The Labute approximate surface area is 147 Å². The van der Waals surface area contributed by atoms with E-state index in [1.807, 2.05) is 0 Å². The molecule has 0 saturated carbocycles. The van der Waals surface area contributed by atoms with Gasteiger partial charge in [0.1, 0.15) is 5.82 Å². The number of rotatable bonds is 2. The fourth-order valence-corrected chi connectivity index (χ4v) is 3.46. The Morgan fingerprint density at radius 3 is 2.69 bits per heavy atom. The van der Waals surface area contributed by atoms with E-state index in [1.165, 1.54) is 4.90 Å². The van der Waals surface area contributed by atoms with Gasteiger partial charge in [-0.2, -0.15) is 13.2 Å². The molecule has 0 aliphatic carbocycles. The van der Waals surface area contributed by atoms with Crippen LogP contribution in [0.15, 0.2) is 18.2 Å². The zero-order valence-electron chi connectivity index (χ0n) is 14.0. The third kappa shape index (κ3) is 3.82. The van der Waals surface area contributed by atoms with Crippen LogP contribution < -0.4 is 5.32 Å². The van der Waals surface area contributed by atoms with Crippen molar-refractivity contribution in [1.82, 2.24) is 15.1 Å². The van der Waals surface area contributed by atoms with Crippen molar-refractivity contribution in [2.24, 2.45) is 0 Å². The van der Waals surface area contributed by atoms with Crippen LogP contribution in [0.25, 0.3) is 0 Å². The smallest absolute Gasteiger partial charge is 0.337 e. The summed E-state index contributed by atoms with van der Waals surface area (Å²) >= 11 is 0. The first-order valence-corrected chi connectivity index (χ1v) is 8.43. The minimum atomic E-state index is -4.86. The number of piperazine rings is 1. The van der Waals surface area contributed by atoms with Gasteiger partial charge in [-0.25, -0.2) is 4.39 Å². The molecule has 1 unspecified atom stereocenters. The van der Waals surface area contributed by atoms with E-state index in [2.05, 4.69) is 5.32 Å². The SMILES string of the molecule is O=C(c1ccc(F)c(C(F)(F)F)c1)N1CCCC(N2CCNCC2=O)C1. The van der Waals surface area contributed by atoms with Gasteiger partial charge in [-0.05, 0) is 31.0 Å². The van der Waals surface area contributed by atoms with Gasteiger partial charge in [0.25, 0.3) is 5.91 Å². The molecule has 2 aliphatic rings. The number of benzene rings is 1. The number of piperidine rings is 1. The van der Waals surface area contributed by atoms with Crippen LogP contribution in [0, 0.1) is 5.82 Å². The number of likely N-dealkylation sites (tertiary alicyclic amines) is 1. The molecule has 0 bridgehead atoms. The van der Waals surface area contributed by atoms with Crippen LogP contribution in [0.3, 0.4) is 0 Å². The summed E-state index contributed by atoms with van der Waals surface area (Å²) in [6.45, 7) is 2.12. The number of hydrogen-bond donors (Lipinski definition) is 1. The van der Waals surface area contributed by atoms with Gasteiger partial charge in [0.05, 0.1) is 12.1 Å². The summed E-state index contributed by atoms with van der Waals surface area (Å²) in [6.07, 6.45) is -3.47. The van der Waals surface area contributed by atoms with E-state index in [0.29, 0.717) is 38.2 Å². The molecule has 1 aromatic carbocycles. The number of amides is 2.